The molecule has 0 fully saturated rings. The number of nitrogens with zero attached hydrogens (tertiary/aromatic N) is 2. The Bertz CT molecular complexity index is 1400. The molecule has 0 radical (unpaired) electrons. The van der Waals surface area contributed by atoms with Crippen LogP contribution >= 0.6 is 11.3 Å². The van der Waals surface area contributed by atoms with Gasteiger partial charge in [0.05, 0.1) is 16.9 Å². The Labute approximate surface area is 174 Å². The minimum atomic E-state index is -0.624. The summed E-state index contributed by atoms with van der Waals surface area (Å²) >= 11 is 1.20. The van der Waals surface area contributed by atoms with Gasteiger partial charge in [0.15, 0.2) is 0 Å². The fourth-order valence-electron chi connectivity index (χ4n) is 3.40. The van der Waals surface area contributed by atoms with Crippen LogP contribution < -0.4 is 16.6 Å². The van der Waals surface area contributed by atoms with Crippen molar-refractivity contribution in [2.45, 2.75) is 20.4 Å². The number of thiophene rings is 1. The number of aromatic nitrogens is 2. The Balaban J connectivity index is 1.83. The van der Waals surface area contributed by atoms with Crippen LogP contribution in [0.5, 0.6) is 0 Å². The second-order valence-corrected chi connectivity index (χ2v) is 7.88. The number of benzene rings is 2. The predicted octanol–water partition coefficient (Wildman–Crippen LogP) is 3.61. The van der Waals surface area contributed by atoms with Crippen LogP contribution in [0.4, 0.5) is 10.1 Å². The van der Waals surface area contributed by atoms with Gasteiger partial charge in [-0.2, -0.15) is 0 Å². The standard InChI is InChI=1S/C22H18FN3O3S/c1-13-7-8-17(14(2)11-13)26-21(28)20-18(9-10-30-20)25(22(26)29)12-19(27)24-16-6-4-3-5-15(16)23/h3-11H,12H2,1-2H3,(H,24,27). The molecule has 2 aromatic heterocycles. The lowest BCUT2D eigenvalue weighted by atomic mass is 10.1. The summed E-state index contributed by atoms with van der Waals surface area (Å²) in [5.41, 5.74) is 1.59. The highest BCUT2D eigenvalue weighted by atomic mass is 32.1. The molecule has 0 saturated carbocycles. The maximum absolute atomic E-state index is 13.9. The van der Waals surface area contributed by atoms with Gasteiger partial charge < -0.3 is 5.32 Å². The van der Waals surface area contributed by atoms with Gasteiger partial charge in [-0.15, -0.1) is 11.3 Å². The van der Waals surface area contributed by atoms with Gasteiger partial charge in [-0.25, -0.2) is 13.8 Å². The molecule has 4 aromatic rings. The third-order valence-corrected chi connectivity index (χ3v) is 5.69. The van der Waals surface area contributed by atoms with Crippen molar-refractivity contribution in [3.63, 3.8) is 0 Å². The van der Waals surface area contributed by atoms with Gasteiger partial charge in [0.1, 0.15) is 17.1 Å². The summed E-state index contributed by atoms with van der Waals surface area (Å²) in [5.74, 6) is -1.14. The maximum Gasteiger partial charge on any atom is 0.336 e. The summed E-state index contributed by atoms with van der Waals surface area (Å²) in [6.45, 7) is 3.39. The van der Waals surface area contributed by atoms with Crippen molar-refractivity contribution in [1.29, 1.82) is 0 Å². The summed E-state index contributed by atoms with van der Waals surface area (Å²) < 4.78 is 16.6. The Kier molecular flexibility index (Phi) is 5.09. The van der Waals surface area contributed by atoms with Crippen LogP contribution in [0, 0.1) is 19.7 Å². The van der Waals surface area contributed by atoms with E-state index in [1.54, 1.807) is 23.6 Å². The smallest absolute Gasteiger partial charge is 0.322 e. The van der Waals surface area contributed by atoms with E-state index in [-0.39, 0.29) is 12.2 Å². The van der Waals surface area contributed by atoms with Crippen molar-refractivity contribution in [3.05, 3.63) is 91.7 Å². The number of anilines is 1. The van der Waals surface area contributed by atoms with E-state index in [0.717, 1.165) is 15.7 Å². The first-order valence-corrected chi connectivity index (χ1v) is 10.1. The zero-order chi connectivity index (χ0) is 21.4. The molecule has 6 nitrogen and oxygen atoms in total. The molecule has 30 heavy (non-hydrogen) atoms. The Morgan fingerprint density at radius 3 is 2.60 bits per heavy atom. The molecule has 152 valence electrons. The van der Waals surface area contributed by atoms with Crippen molar-refractivity contribution in [3.8, 4) is 5.69 Å². The van der Waals surface area contributed by atoms with Gasteiger partial charge in [-0.05, 0) is 49.1 Å². The van der Waals surface area contributed by atoms with Crippen LogP contribution in [-0.4, -0.2) is 15.0 Å². The fraction of sp³-hybridized carbons (Fsp3) is 0.136. The van der Waals surface area contributed by atoms with E-state index in [1.807, 2.05) is 26.0 Å². The van der Waals surface area contributed by atoms with Crippen LogP contribution in [0.1, 0.15) is 11.1 Å². The van der Waals surface area contributed by atoms with Crippen molar-refractivity contribution < 1.29 is 9.18 Å². The van der Waals surface area contributed by atoms with Crippen molar-refractivity contribution in [1.82, 2.24) is 9.13 Å². The number of carbonyl (C=O) groups excluding carboxylic acids is 1. The molecule has 4 rings (SSSR count). The highest BCUT2D eigenvalue weighted by Gasteiger charge is 2.19. The average molecular weight is 423 g/mol. The lowest BCUT2D eigenvalue weighted by Gasteiger charge is -2.14. The third-order valence-electron chi connectivity index (χ3n) is 4.80. The number of fused-ring (bicyclic) bond motifs is 1. The minimum Gasteiger partial charge on any atom is -0.322 e. The van der Waals surface area contributed by atoms with Gasteiger partial charge >= 0.3 is 5.69 Å². The number of hydrogen-bond acceptors (Lipinski definition) is 4. The summed E-state index contributed by atoms with van der Waals surface area (Å²) in [5, 5.41) is 4.18. The quantitative estimate of drug-likeness (QED) is 0.545. The predicted molar refractivity (Wildman–Crippen MR) is 116 cm³/mol. The molecular weight excluding hydrogens is 405 g/mol. The maximum atomic E-state index is 13.9. The molecule has 2 aromatic carbocycles. The van der Waals surface area contributed by atoms with Crippen molar-refractivity contribution in [2.75, 3.05) is 5.32 Å². The number of aryl methyl sites for hydroxylation is 2. The van der Waals surface area contributed by atoms with Gasteiger partial charge in [0.2, 0.25) is 5.91 Å². The van der Waals surface area contributed by atoms with Gasteiger partial charge in [-0.1, -0.05) is 29.8 Å². The second kappa shape index (κ2) is 7.72. The molecule has 0 aliphatic rings. The van der Waals surface area contributed by atoms with E-state index in [1.165, 1.54) is 34.1 Å². The summed E-state index contributed by atoms with van der Waals surface area (Å²) in [7, 11) is 0. The molecule has 0 aliphatic carbocycles. The molecule has 0 spiro atoms. The van der Waals surface area contributed by atoms with Crippen LogP contribution in [0.2, 0.25) is 0 Å². The van der Waals surface area contributed by atoms with E-state index in [0.29, 0.717) is 15.9 Å². The highest BCUT2D eigenvalue weighted by Crippen LogP contribution is 2.19. The number of rotatable bonds is 4. The summed E-state index contributed by atoms with van der Waals surface area (Å²) in [4.78, 5) is 38.9. The van der Waals surface area contributed by atoms with Gasteiger partial charge in [0, 0.05) is 0 Å². The van der Waals surface area contributed by atoms with E-state index < -0.39 is 23.0 Å². The first-order chi connectivity index (χ1) is 14.4. The number of amides is 1. The largest absolute Gasteiger partial charge is 0.336 e. The van der Waals surface area contributed by atoms with Gasteiger partial charge in [-0.3, -0.25) is 14.2 Å². The number of carbonyl (C=O) groups is 1. The summed E-state index contributed by atoms with van der Waals surface area (Å²) in [6.07, 6.45) is 0. The zero-order valence-electron chi connectivity index (χ0n) is 16.3. The van der Waals surface area contributed by atoms with Crippen LogP contribution in [0.25, 0.3) is 15.9 Å². The molecule has 0 saturated heterocycles. The first kappa shape index (κ1) is 19.8. The topological polar surface area (TPSA) is 73.1 Å². The normalized spacial score (nSPS) is 11.0. The highest BCUT2D eigenvalue weighted by molar-refractivity contribution is 7.17. The molecule has 0 atom stereocenters. The molecule has 1 amide bonds. The average Bonchev–Trinajstić information content (AvgIpc) is 3.19. The van der Waals surface area contributed by atoms with Crippen molar-refractivity contribution in [2.24, 2.45) is 0 Å². The lowest BCUT2D eigenvalue weighted by molar-refractivity contribution is -0.116. The van der Waals surface area contributed by atoms with E-state index >= 15 is 0 Å². The van der Waals surface area contributed by atoms with Crippen LogP contribution in [0.15, 0.2) is 63.5 Å². The van der Waals surface area contributed by atoms with Gasteiger partial charge in [0.25, 0.3) is 5.56 Å². The summed E-state index contributed by atoms with van der Waals surface area (Å²) in [6, 6.07) is 12.8. The molecule has 0 unspecified atom stereocenters. The molecule has 0 aliphatic heterocycles. The molecule has 0 bridgehead atoms. The molecule has 8 heteroatoms. The van der Waals surface area contributed by atoms with E-state index in [2.05, 4.69) is 5.32 Å². The second-order valence-electron chi connectivity index (χ2n) is 6.96. The zero-order valence-corrected chi connectivity index (χ0v) is 17.1. The monoisotopic (exact) mass is 423 g/mol. The van der Waals surface area contributed by atoms with Crippen LogP contribution in [-0.2, 0) is 11.3 Å². The Morgan fingerprint density at radius 1 is 1.10 bits per heavy atom. The number of halogens is 1. The molecule has 2 heterocycles. The first-order valence-electron chi connectivity index (χ1n) is 9.22. The number of nitrogens with one attached hydrogen (secondary N) is 1. The third kappa shape index (κ3) is 3.46. The number of para-hydroxylation sites is 1. The SMILES string of the molecule is Cc1ccc(-n2c(=O)c3sccc3n(CC(=O)Nc3ccccc3F)c2=O)c(C)c1. The Morgan fingerprint density at radius 2 is 1.87 bits per heavy atom. The lowest BCUT2D eigenvalue weighted by Crippen LogP contribution is -2.40. The van der Waals surface area contributed by atoms with E-state index in [4.69, 9.17) is 0 Å². The molecule has 1 N–H and O–H groups in total. The Hall–Kier alpha value is -3.52. The van der Waals surface area contributed by atoms with Crippen molar-refractivity contribution >= 4 is 33.1 Å². The fourth-order valence-corrected chi connectivity index (χ4v) is 4.23. The van der Waals surface area contributed by atoms with Crippen LogP contribution in [0.3, 0.4) is 0 Å². The number of hydrogen-bond donors (Lipinski definition) is 1. The molecular formula is C22H18FN3O3S. The minimum absolute atomic E-state index is 0.0276. The van der Waals surface area contributed by atoms with E-state index in [9.17, 15) is 18.8 Å².